The Balaban J connectivity index is 0.000000270. The Kier molecular flexibility index (Phi) is 6.46. The van der Waals surface area contributed by atoms with Gasteiger partial charge in [-0.25, -0.2) is 0 Å². The number of likely N-dealkylation sites (N-methyl/N-ethyl adjacent to an activating group) is 1. The molecule has 0 saturated heterocycles. The van der Waals surface area contributed by atoms with Crippen LogP contribution in [-0.4, -0.2) is 36.5 Å². The first-order valence-electron chi connectivity index (χ1n) is 7.41. The number of nitrogens with zero attached hydrogens (tertiary/aromatic N) is 1. The maximum Gasteiger partial charge on any atom is 0.302 e. The average Bonchev–Trinajstić information content (AvgIpc) is 2.51. The molecule has 0 aromatic carbocycles. The Bertz CT molecular complexity index is 452. The zero-order valence-corrected chi connectivity index (χ0v) is 13.4. The van der Waals surface area contributed by atoms with E-state index in [9.17, 15) is 9.59 Å². The SMILES string of the molecule is CC(=O)OC(C)C.CN1CCC2CCC=CC2=C(N)C1=O. The molecule has 0 spiro atoms. The fourth-order valence-corrected chi connectivity index (χ4v) is 2.52. The minimum absolute atomic E-state index is 0.0194. The van der Waals surface area contributed by atoms with Gasteiger partial charge in [0.05, 0.1) is 6.10 Å². The fraction of sp³-hybridized carbons (Fsp3) is 0.625. The van der Waals surface area contributed by atoms with Crippen LogP contribution in [0.25, 0.3) is 0 Å². The number of allylic oxidation sites excluding steroid dienone is 3. The Morgan fingerprint density at radius 3 is 2.62 bits per heavy atom. The second kappa shape index (κ2) is 7.86. The Morgan fingerprint density at radius 2 is 2.10 bits per heavy atom. The molecule has 2 N–H and O–H groups in total. The van der Waals surface area contributed by atoms with Gasteiger partial charge in [0.15, 0.2) is 0 Å². The standard InChI is InChI=1S/C11H16N2O.C5H10O2/c1-13-7-6-8-4-2-3-5-9(8)10(12)11(13)14;1-4(2)7-5(3)6/h3,5,8H,2,4,6-7,12H2,1H3;4H,1-3H3. The van der Waals surface area contributed by atoms with E-state index >= 15 is 0 Å². The van der Waals surface area contributed by atoms with Crippen LogP contribution >= 0.6 is 0 Å². The molecule has 1 aliphatic carbocycles. The van der Waals surface area contributed by atoms with Gasteiger partial charge in [0.1, 0.15) is 5.70 Å². The lowest BCUT2D eigenvalue weighted by atomic mass is 9.86. The molecule has 118 valence electrons. The van der Waals surface area contributed by atoms with E-state index in [4.69, 9.17) is 5.73 Å². The first-order valence-corrected chi connectivity index (χ1v) is 7.41. The van der Waals surface area contributed by atoms with Gasteiger partial charge in [-0.15, -0.1) is 0 Å². The third kappa shape index (κ3) is 5.25. The molecule has 1 amide bonds. The number of amides is 1. The molecule has 2 aliphatic rings. The highest BCUT2D eigenvalue weighted by Gasteiger charge is 2.26. The van der Waals surface area contributed by atoms with Crippen LogP contribution in [0.3, 0.4) is 0 Å². The van der Waals surface area contributed by atoms with E-state index in [1.165, 1.54) is 6.92 Å². The lowest BCUT2D eigenvalue weighted by molar-refractivity contribution is -0.144. The smallest absolute Gasteiger partial charge is 0.302 e. The van der Waals surface area contributed by atoms with Crippen LogP contribution in [0, 0.1) is 5.92 Å². The van der Waals surface area contributed by atoms with Gasteiger partial charge in [0.25, 0.3) is 5.91 Å². The largest absolute Gasteiger partial charge is 0.463 e. The van der Waals surface area contributed by atoms with Crippen LogP contribution in [0.15, 0.2) is 23.4 Å². The van der Waals surface area contributed by atoms with Crippen molar-refractivity contribution in [3.63, 3.8) is 0 Å². The van der Waals surface area contributed by atoms with Crippen molar-refractivity contribution in [3.05, 3.63) is 23.4 Å². The summed E-state index contributed by atoms with van der Waals surface area (Å²) < 4.78 is 4.61. The van der Waals surface area contributed by atoms with Crippen molar-refractivity contribution in [3.8, 4) is 0 Å². The molecule has 5 heteroatoms. The highest BCUT2D eigenvalue weighted by molar-refractivity contribution is 5.94. The van der Waals surface area contributed by atoms with E-state index in [1.54, 1.807) is 4.90 Å². The van der Waals surface area contributed by atoms with Gasteiger partial charge in [0, 0.05) is 20.5 Å². The zero-order valence-electron chi connectivity index (χ0n) is 13.4. The summed E-state index contributed by atoms with van der Waals surface area (Å²) in [5.74, 6) is 0.262. The Hall–Kier alpha value is -1.78. The van der Waals surface area contributed by atoms with Gasteiger partial charge in [0.2, 0.25) is 0 Å². The number of fused-ring (bicyclic) bond motifs is 1. The van der Waals surface area contributed by atoms with Gasteiger partial charge in [-0.1, -0.05) is 12.2 Å². The number of carbonyl (C=O) groups excluding carboxylic acids is 2. The lowest BCUT2D eigenvalue weighted by Gasteiger charge is -2.19. The van der Waals surface area contributed by atoms with Crippen LogP contribution in [0.4, 0.5) is 0 Å². The van der Waals surface area contributed by atoms with Crippen LogP contribution in [0.2, 0.25) is 0 Å². The average molecular weight is 294 g/mol. The number of hydrogen-bond donors (Lipinski definition) is 1. The molecule has 21 heavy (non-hydrogen) atoms. The maximum atomic E-state index is 11.7. The van der Waals surface area contributed by atoms with Gasteiger partial charge in [-0.05, 0) is 44.6 Å². The molecule has 1 heterocycles. The molecule has 2 rings (SSSR count). The van der Waals surface area contributed by atoms with E-state index in [2.05, 4.69) is 10.8 Å². The van der Waals surface area contributed by atoms with Crippen molar-refractivity contribution < 1.29 is 14.3 Å². The zero-order chi connectivity index (χ0) is 16.0. The summed E-state index contributed by atoms with van der Waals surface area (Å²) in [4.78, 5) is 23.5. The van der Waals surface area contributed by atoms with Crippen molar-refractivity contribution in [2.75, 3.05) is 13.6 Å². The van der Waals surface area contributed by atoms with E-state index < -0.39 is 0 Å². The number of nitrogens with two attached hydrogens (primary N) is 1. The molecule has 0 bridgehead atoms. The number of ether oxygens (including phenoxy) is 1. The fourth-order valence-electron chi connectivity index (χ4n) is 2.52. The third-order valence-corrected chi connectivity index (χ3v) is 3.52. The quantitative estimate of drug-likeness (QED) is 0.751. The minimum Gasteiger partial charge on any atom is -0.463 e. The summed E-state index contributed by atoms with van der Waals surface area (Å²) in [6.45, 7) is 5.87. The summed E-state index contributed by atoms with van der Waals surface area (Å²) in [6, 6.07) is 0. The number of carbonyl (C=O) groups is 2. The molecular weight excluding hydrogens is 268 g/mol. The second-order valence-electron chi connectivity index (χ2n) is 5.72. The second-order valence-corrected chi connectivity index (χ2v) is 5.72. The Morgan fingerprint density at radius 1 is 1.43 bits per heavy atom. The highest BCUT2D eigenvalue weighted by atomic mass is 16.5. The molecule has 1 aliphatic heterocycles. The van der Waals surface area contributed by atoms with Gasteiger partial charge in [-0.2, -0.15) is 0 Å². The molecule has 1 unspecified atom stereocenters. The maximum absolute atomic E-state index is 11.7. The molecule has 0 saturated carbocycles. The predicted molar refractivity (Wildman–Crippen MR) is 82.2 cm³/mol. The molecule has 0 radical (unpaired) electrons. The van der Waals surface area contributed by atoms with Crippen molar-refractivity contribution in [1.82, 2.24) is 4.90 Å². The molecule has 0 aromatic heterocycles. The molecule has 0 aromatic rings. The van der Waals surface area contributed by atoms with Crippen LogP contribution in [0.1, 0.15) is 40.0 Å². The summed E-state index contributed by atoms with van der Waals surface area (Å²) in [7, 11) is 1.82. The minimum atomic E-state index is -0.213. The summed E-state index contributed by atoms with van der Waals surface area (Å²) in [5.41, 5.74) is 7.37. The van der Waals surface area contributed by atoms with Crippen molar-refractivity contribution in [1.29, 1.82) is 0 Å². The first kappa shape index (κ1) is 17.3. The van der Waals surface area contributed by atoms with Gasteiger partial charge in [-0.3, -0.25) is 9.59 Å². The van der Waals surface area contributed by atoms with Gasteiger partial charge < -0.3 is 15.4 Å². The number of hydrogen-bond acceptors (Lipinski definition) is 4. The van der Waals surface area contributed by atoms with Crippen molar-refractivity contribution in [2.45, 2.75) is 46.1 Å². The molecule has 1 atom stereocenters. The summed E-state index contributed by atoms with van der Waals surface area (Å²) in [5, 5.41) is 0. The normalized spacial score (nSPS) is 21.5. The number of esters is 1. The summed E-state index contributed by atoms with van der Waals surface area (Å²) in [6.07, 6.45) is 7.45. The van der Waals surface area contributed by atoms with E-state index in [-0.39, 0.29) is 18.0 Å². The van der Waals surface area contributed by atoms with Gasteiger partial charge >= 0.3 is 5.97 Å². The number of rotatable bonds is 1. The molecule has 0 fully saturated rings. The Labute approximate surface area is 126 Å². The van der Waals surface area contributed by atoms with Crippen LogP contribution < -0.4 is 5.73 Å². The first-order chi connectivity index (χ1) is 9.82. The monoisotopic (exact) mass is 294 g/mol. The molecular formula is C16H26N2O3. The third-order valence-electron chi connectivity index (χ3n) is 3.52. The lowest BCUT2D eigenvalue weighted by Crippen LogP contribution is -2.30. The van der Waals surface area contributed by atoms with Crippen molar-refractivity contribution in [2.24, 2.45) is 11.7 Å². The van der Waals surface area contributed by atoms with E-state index in [0.717, 1.165) is 31.4 Å². The predicted octanol–water partition coefficient (Wildman–Crippen LogP) is 1.99. The topological polar surface area (TPSA) is 72.6 Å². The van der Waals surface area contributed by atoms with Crippen LogP contribution in [0.5, 0.6) is 0 Å². The van der Waals surface area contributed by atoms with Crippen molar-refractivity contribution >= 4 is 11.9 Å². The van der Waals surface area contributed by atoms with E-state index in [1.807, 2.05) is 27.0 Å². The van der Waals surface area contributed by atoms with E-state index in [0.29, 0.717) is 11.6 Å². The molecule has 5 nitrogen and oxygen atoms in total. The highest BCUT2D eigenvalue weighted by Crippen LogP contribution is 2.30. The van der Waals surface area contributed by atoms with Crippen LogP contribution in [-0.2, 0) is 14.3 Å². The summed E-state index contributed by atoms with van der Waals surface area (Å²) >= 11 is 0.